The maximum Gasteiger partial charge on any atom is 0.167 e. The molecule has 2 aromatic carbocycles. The fourth-order valence-electron chi connectivity index (χ4n) is 6.07. The van der Waals surface area contributed by atoms with E-state index in [4.69, 9.17) is 0 Å². The zero-order chi connectivity index (χ0) is 23.4. The SMILES string of the molecule is C/C=C/CCc1ccc(-c2ccc(C3CCC4CC(/C=C/C)CCC4C3)cc2F)c(F)c1F. The second kappa shape index (κ2) is 10.8. The Hall–Kier alpha value is -2.29. The summed E-state index contributed by atoms with van der Waals surface area (Å²) in [5.41, 5.74) is 1.45. The quantitative estimate of drug-likeness (QED) is 0.383. The van der Waals surface area contributed by atoms with Gasteiger partial charge < -0.3 is 0 Å². The summed E-state index contributed by atoms with van der Waals surface area (Å²) in [4.78, 5) is 0. The highest BCUT2D eigenvalue weighted by molar-refractivity contribution is 5.66. The van der Waals surface area contributed by atoms with Crippen LogP contribution in [0.4, 0.5) is 13.2 Å². The van der Waals surface area contributed by atoms with Crippen LogP contribution in [0.3, 0.4) is 0 Å². The molecule has 0 amide bonds. The lowest BCUT2D eigenvalue weighted by Crippen LogP contribution is -2.30. The first kappa shape index (κ1) is 23.9. The molecule has 2 saturated carbocycles. The van der Waals surface area contributed by atoms with E-state index in [1.807, 2.05) is 25.1 Å². The van der Waals surface area contributed by atoms with Crippen molar-refractivity contribution in [2.24, 2.45) is 17.8 Å². The van der Waals surface area contributed by atoms with E-state index >= 15 is 4.39 Å². The molecule has 2 aromatic rings. The number of hydrogen-bond acceptors (Lipinski definition) is 0. The van der Waals surface area contributed by atoms with Crippen LogP contribution in [0.1, 0.15) is 75.8 Å². The van der Waals surface area contributed by atoms with Crippen molar-refractivity contribution >= 4 is 0 Å². The summed E-state index contributed by atoms with van der Waals surface area (Å²) in [5.74, 6) is 0.271. The Labute approximate surface area is 196 Å². The topological polar surface area (TPSA) is 0 Å². The van der Waals surface area contributed by atoms with Gasteiger partial charge in [0.1, 0.15) is 5.82 Å². The molecular weight excluding hydrogens is 417 g/mol. The number of hydrogen-bond donors (Lipinski definition) is 0. The highest BCUT2D eigenvalue weighted by atomic mass is 19.2. The van der Waals surface area contributed by atoms with Crippen LogP contribution in [0, 0.1) is 35.2 Å². The monoisotopic (exact) mass is 452 g/mol. The van der Waals surface area contributed by atoms with Gasteiger partial charge >= 0.3 is 0 Å². The minimum atomic E-state index is -0.960. The summed E-state index contributed by atoms with van der Waals surface area (Å²) >= 11 is 0. The summed E-state index contributed by atoms with van der Waals surface area (Å²) in [7, 11) is 0. The van der Waals surface area contributed by atoms with Gasteiger partial charge in [0.05, 0.1) is 0 Å². The van der Waals surface area contributed by atoms with Crippen molar-refractivity contribution in [2.45, 2.75) is 71.1 Å². The van der Waals surface area contributed by atoms with Gasteiger partial charge in [-0.05, 0) is 106 Å². The third-order valence-corrected chi connectivity index (χ3v) is 7.85. The van der Waals surface area contributed by atoms with Crippen molar-refractivity contribution in [3.63, 3.8) is 0 Å². The molecule has 0 radical (unpaired) electrons. The molecule has 3 heteroatoms. The standard InChI is InChI=1S/C30H35F3/c1-3-5-6-8-21-13-16-27(30(33)29(21)32)26-15-14-25(19-28(26)31)24-12-11-22-17-20(7-4-2)9-10-23(22)18-24/h3-5,7,13-16,19-20,22-24H,6,8-12,17-18H2,1-2H3/b5-3+,7-4+. The van der Waals surface area contributed by atoms with Gasteiger partial charge in [0.2, 0.25) is 0 Å². The predicted octanol–water partition coefficient (Wildman–Crippen LogP) is 9.16. The molecule has 0 aromatic heterocycles. The van der Waals surface area contributed by atoms with Gasteiger partial charge in [-0.15, -0.1) is 0 Å². The summed E-state index contributed by atoms with van der Waals surface area (Å²) in [6.45, 7) is 3.99. The first-order valence-electron chi connectivity index (χ1n) is 12.5. The van der Waals surface area contributed by atoms with E-state index in [1.165, 1.54) is 31.7 Å². The van der Waals surface area contributed by atoms with Gasteiger partial charge in [-0.3, -0.25) is 0 Å². The van der Waals surface area contributed by atoms with Crippen molar-refractivity contribution in [3.8, 4) is 11.1 Å². The zero-order valence-corrected chi connectivity index (χ0v) is 19.8. The molecule has 4 rings (SSSR count). The fourth-order valence-corrected chi connectivity index (χ4v) is 6.07. The molecule has 4 unspecified atom stereocenters. The van der Waals surface area contributed by atoms with Crippen LogP contribution in [0.15, 0.2) is 54.6 Å². The summed E-state index contributed by atoms with van der Waals surface area (Å²) in [6, 6.07) is 8.21. The Bertz CT molecular complexity index is 1020. The summed E-state index contributed by atoms with van der Waals surface area (Å²) in [5, 5.41) is 0. The van der Waals surface area contributed by atoms with Crippen molar-refractivity contribution in [3.05, 3.63) is 83.2 Å². The Morgan fingerprint density at radius 2 is 1.58 bits per heavy atom. The molecule has 2 aliphatic rings. The molecule has 0 aliphatic heterocycles. The van der Waals surface area contributed by atoms with Crippen LogP contribution in [0.2, 0.25) is 0 Å². The van der Waals surface area contributed by atoms with Crippen LogP contribution >= 0.6 is 0 Å². The van der Waals surface area contributed by atoms with Crippen LogP contribution < -0.4 is 0 Å². The van der Waals surface area contributed by atoms with Crippen LogP contribution in [-0.4, -0.2) is 0 Å². The van der Waals surface area contributed by atoms with Crippen molar-refractivity contribution in [1.29, 1.82) is 0 Å². The number of rotatable bonds is 6. The van der Waals surface area contributed by atoms with Gasteiger partial charge in [-0.1, -0.05) is 48.6 Å². The highest BCUT2D eigenvalue weighted by Gasteiger charge is 2.35. The molecule has 176 valence electrons. The lowest BCUT2D eigenvalue weighted by atomic mass is 9.64. The first-order chi connectivity index (χ1) is 16.0. The summed E-state index contributed by atoms with van der Waals surface area (Å²) < 4.78 is 44.5. The Morgan fingerprint density at radius 3 is 2.33 bits per heavy atom. The van der Waals surface area contributed by atoms with Crippen LogP contribution in [0.5, 0.6) is 0 Å². The highest BCUT2D eigenvalue weighted by Crippen LogP contribution is 2.48. The molecular formula is C30H35F3. The maximum atomic E-state index is 15.1. The van der Waals surface area contributed by atoms with E-state index in [2.05, 4.69) is 19.1 Å². The smallest absolute Gasteiger partial charge is 0.167 e. The normalized spacial score (nSPS) is 25.6. The third-order valence-electron chi connectivity index (χ3n) is 7.85. The number of benzene rings is 2. The zero-order valence-electron chi connectivity index (χ0n) is 19.8. The van der Waals surface area contributed by atoms with Crippen molar-refractivity contribution in [2.75, 3.05) is 0 Å². The van der Waals surface area contributed by atoms with E-state index in [-0.39, 0.29) is 11.1 Å². The molecule has 2 aliphatic carbocycles. The molecule has 0 nitrogen and oxygen atoms in total. The van der Waals surface area contributed by atoms with Gasteiger partial charge in [0.15, 0.2) is 11.6 Å². The Kier molecular flexibility index (Phi) is 7.78. The van der Waals surface area contributed by atoms with E-state index in [0.717, 1.165) is 30.2 Å². The molecule has 33 heavy (non-hydrogen) atoms. The van der Waals surface area contributed by atoms with Crippen LogP contribution in [-0.2, 0) is 6.42 Å². The molecule has 0 N–H and O–H groups in total. The molecule has 2 fully saturated rings. The summed E-state index contributed by atoms with van der Waals surface area (Å²) in [6.07, 6.45) is 16.6. The minimum absolute atomic E-state index is 0.00246. The molecule has 0 heterocycles. The minimum Gasteiger partial charge on any atom is -0.206 e. The first-order valence-corrected chi connectivity index (χ1v) is 12.5. The molecule has 0 bridgehead atoms. The fraction of sp³-hybridized carbons (Fsp3) is 0.467. The molecule has 4 atom stereocenters. The number of aryl methyl sites for hydroxylation is 1. The van der Waals surface area contributed by atoms with Crippen molar-refractivity contribution < 1.29 is 13.2 Å². The van der Waals surface area contributed by atoms with Gasteiger partial charge in [-0.2, -0.15) is 0 Å². The van der Waals surface area contributed by atoms with E-state index in [9.17, 15) is 8.78 Å². The van der Waals surface area contributed by atoms with E-state index < -0.39 is 17.5 Å². The second-order valence-corrected chi connectivity index (χ2v) is 9.88. The second-order valence-electron chi connectivity index (χ2n) is 9.88. The molecule has 0 saturated heterocycles. The van der Waals surface area contributed by atoms with Gasteiger partial charge in [-0.25, -0.2) is 13.2 Å². The van der Waals surface area contributed by atoms with Gasteiger partial charge in [0.25, 0.3) is 0 Å². The molecule has 0 spiro atoms. The average molecular weight is 453 g/mol. The van der Waals surface area contributed by atoms with Gasteiger partial charge in [0, 0.05) is 11.1 Å². The van der Waals surface area contributed by atoms with Crippen molar-refractivity contribution in [1.82, 2.24) is 0 Å². The van der Waals surface area contributed by atoms with E-state index in [0.29, 0.717) is 30.2 Å². The third kappa shape index (κ3) is 5.28. The Balaban J connectivity index is 1.48. The maximum absolute atomic E-state index is 15.1. The number of fused-ring (bicyclic) bond motifs is 1. The van der Waals surface area contributed by atoms with E-state index in [1.54, 1.807) is 18.2 Å². The Morgan fingerprint density at radius 1 is 0.818 bits per heavy atom. The predicted molar refractivity (Wildman–Crippen MR) is 131 cm³/mol. The number of allylic oxidation sites excluding steroid dienone is 4. The average Bonchev–Trinajstić information content (AvgIpc) is 2.82. The lowest BCUT2D eigenvalue weighted by molar-refractivity contribution is 0.133. The largest absolute Gasteiger partial charge is 0.206 e. The lowest BCUT2D eigenvalue weighted by Gasteiger charge is -2.41. The number of halogens is 3. The van der Waals surface area contributed by atoms with Crippen LogP contribution in [0.25, 0.3) is 11.1 Å².